The van der Waals surface area contributed by atoms with Crippen LogP contribution in [0.1, 0.15) is 5.56 Å². The molecule has 1 aromatic carbocycles. The van der Waals surface area contributed by atoms with Crippen molar-refractivity contribution in [3.63, 3.8) is 0 Å². The second-order valence-corrected chi connectivity index (χ2v) is 3.21. The Bertz CT molecular complexity index is 466. The second-order valence-electron chi connectivity index (χ2n) is 2.95. The number of aromatic amines is 1. The number of hydrogen-bond acceptors (Lipinski definition) is 1. The molecule has 0 aliphatic heterocycles. The van der Waals surface area contributed by atoms with E-state index in [1.54, 1.807) is 19.4 Å². The fourth-order valence-corrected chi connectivity index (χ4v) is 1.73. The lowest BCUT2D eigenvalue weighted by Gasteiger charge is -2.02. The summed E-state index contributed by atoms with van der Waals surface area (Å²) in [5.41, 5.74) is 1.40. The fraction of sp³-hybridized carbons (Fsp3) is 0.200. The third kappa shape index (κ3) is 1.24. The maximum Gasteiger partial charge on any atom is 0.143 e. The molecule has 74 valence electrons. The van der Waals surface area contributed by atoms with Gasteiger partial charge >= 0.3 is 0 Å². The van der Waals surface area contributed by atoms with E-state index in [0.29, 0.717) is 16.7 Å². The van der Waals surface area contributed by atoms with Gasteiger partial charge < -0.3 is 9.72 Å². The molecular weight excluding hydrogens is 205 g/mol. The van der Waals surface area contributed by atoms with Crippen molar-refractivity contribution < 1.29 is 9.13 Å². The first-order valence-corrected chi connectivity index (χ1v) is 4.69. The zero-order valence-electron chi connectivity index (χ0n) is 7.60. The largest absolute Gasteiger partial charge is 0.495 e. The lowest BCUT2D eigenvalue weighted by Crippen LogP contribution is -1.87. The average Bonchev–Trinajstić information content (AvgIpc) is 2.63. The summed E-state index contributed by atoms with van der Waals surface area (Å²) in [4.78, 5) is 2.95. The van der Waals surface area contributed by atoms with Crippen LogP contribution in [0.2, 0.25) is 0 Å². The summed E-state index contributed by atoms with van der Waals surface area (Å²) in [6.07, 6.45) is 1.70. The Morgan fingerprint density at radius 2 is 2.29 bits per heavy atom. The number of H-pyrrole nitrogens is 1. The highest BCUT2D eigenvalue weighted by Crippen LogP contribution is 2.30. The van der Waals surface area contributed by atoms with Gasteiger partial charge in [-0.1, -0.05) is 0 Å². The van der Waals surface area contributed by atoms with Crippen molar-refractivity contribution in [1.82, 2.24) is 4.98 Å². The summed E-state index contributed by atoms with van der Waals surface area (Å²) < 4.78 is 18.5. The van der Waals surface area contributed by atoms with Crippen molar-refractivity contribution in [2.45, 2.75) is 5.88 Å². The predicted molar refractivity (Wildman–Crippen MR) is 54.4 cm³/mol. The second kappa shape index (κ2) is 3.50. The third-order valence-electron chi connectivity index (χ3n) is 2.19. The van der Waals surface area contributed by atoms with Gasteiger partial charge in [-0.05, 0) is 17.7 Å². The molecule has 1 aromatic heterocycles. The van der Waals surface area contributed by atoms with Crippen LogP contribution in [-0.2, 0) is 5.88 Å². The van der Waals surface area contributed by atoms with Crippen LogP contribution >= 0.6 is 11.6 Å². The molecule has 0 aliphatic carbocycles. The summed E-state index contributed by atoms with van der Waals surface area (Å²) in [6.45, 7) is 0. The standard InChI is InChI=1S/C10H9ClFNO/c1-14-8-3-2-7(12)9-6(4-11)5-13-10(8)9/h2-3,5,13H,4H2,1H3. The van der Waals surface area contributed by atoms with Crippen LogP contribution in [0.5, 0.6) is 5.75 Å². The normalized spacial score (nSPS) is 10.8. The maximum absolute atomic E-state index is 13.4. The van der Waals surface area contributed by atoms with Gasteiger partial charge in [-0.3, -0.25) is 0 Å². The lowest BCUT2D eigenvalue weighted by atomic mass is 10.2. The SMILES string of the molecule is COc1ccc(F)c2c(CCl)c[nH]c12. The minimum atomic E-state index is -0.280. The average molecular weight is 214 g/mol. The summed E-state index contributed by atoms with van der Waals surface area (Å²) in [5, 5.41) is 0.513. The van der Waals surface area contributed by atoms with Gasteiger partial charge in [-0.2, -0.15) is 0 Å². The van der Waals surface area contributed by atoms with E-state index in [1.807, 2.05) is 0 Å². The number of halogens is 2. The van der Waals surface area contributed by atoms with Crippen LogP contribution in [0.4, 0.5) is 4.39 Å². The van der Waals surface area contributed by atoms with Gasteiger partial charge in [-0.15, -0.1) is 11.6 Å². The van der Waals surface area contributed by atoms with E-state index in [4.69, 9.17) is 16.3 Å². The minimum Gasteiger partial charge on any atom is -0.495 e. The van der Waals surface area contributed by atoms with Gasteiger partial charge in [0.15, 0.2) is 0 Å². The Morgan fingerprint density at radius 3 is 2.93 bits per heavy atom. The van der Waals surface area contributed by atoms with Crippen LogP contribution in [0.3, 0.4) is 0 Å². The molecule has 0 saturated carbocycles. The third-order valence-corrected chi connectivity index (χ3v) is 2.48. The van der Waals surface area contributed by atoms with Gasteiger partial charge in [0.1, 0.15) is 11.6 Å². The summed E-state index contributed by atoms with van der Waals surface area (Å²) in [6, 6.07) is 2.97. The molecule has 0 saturated heterocycles. The van der Waals surface area contributed by atoms with E-state index in [9.17, 15) is 4.39 Å². The smallest absolute Gasteiger partial charge is 0.143 e. The molecule has 1 N–H and O–H groups in total. The molecule has 0 atom stereocenters. The molecule has 0 unspecified atom stereocenters. The van der Waals surface area contributed by atoms with E-state index in [-0.39, 0.29) is 11.7 Å². The van der Waals surface area contributed by atoms with Crippen LogP contribution < -0.4 is 4.74 Å². The number of nitrogens with one attached hydrogen (secondary N) is 1. The first kappa shape index (κ1) is 9.34. The summed E-state index contributed by atoms with van der Waals surface area (Å²) in [7, 11) is 1.55. The maximum atomic E-state index is 13.4. The molecule has 0 aliphatic rings. The van der Waals surface area contributed by atoms with Crippen molar-refractivity contribution in [2.75, 3.05) is 7.11 Å². The zero-order chi connectivity index (χ0) is 10.1. The lowest BCUT2D eigenvalue weighted by molar-refractivity contribution is 0.418. The fourth-order valence-electron chi connectivity index (χ4n) is 1.52. The minimum absolute atomic E-state index is 0.280. The zero-order valence-corrected chi connectivity index (χ0v) is 8.36. The molecule has 0 spiro atoms. The van der Waals surface area contributed by atoms with Crippen LogP contribution in [0.25, 0.3) is 10.9 Å². The number of ether oxygens (including phenoxy) is 1. The van der Waals surface area contributed by atoms with Crippen molar-refractivity contribution >= 4 is 22.5 Å². The highest BCUT2D eigenvalue weighted by molar-refractivity contribution is 6.18. The van der Waals surface area contributed by atoms with Gasteiger partial charge in [0.2, 0.25) is 0 Å². The molecule has 0 amide bonds. The number of aromatic nitrogens is 1. The molecular formula is C10H9ClFNO. The highest BCUT2D eigenvalue weighted by Gasteiger charge is 2.11. The molecule has 2 nitrogen and oxygen atoms in total. The number of alkyl halides is 1. The quantitative estimate of drug-likeness (QED) is 0.762. The monoisotopic (exact) mass is 213 g/mol. The first-order valence-electron chi connectivity index (χ1n) is 4.16. The van der Waals surface area contributed by atoms with Crippen LogP contribution in [0.15, 0.2) is 18.3 Å². The van der Waals surface area contributed by atoms with E-state index >= 15 is 0 Å². The van der Waals surface area contributed by atoms with Crippen molar-refractivity contribution in [2.24, 2.45) is 0 Å². The van der Waals surface area contributed by atoms with E-state index in [2.05, 4.69) is 4.98 Å². The number of rotatable bonds is 2. The summed E-state index contributed by atoms with van der Waals surface area (Å²) >= 11 is 5.69. The van der Waals surface area contributed by atoms with Gasteiger partial charge in [0, 0.05) is 17.5 Å². The number of hydrogen-bond donors (Lipinski definition) is 1. The van der Waals surface area contributed by atoms with Gasteiger partial charge in [0.05, 0.1) is 12.6 Å². The Hall–Kier alpha value is -1.22. The number of benzene rings is 1. The van der Waals surface area contributed by atoms with Crippen molar-refractivity contribution in [1.29, 1.82) is 0 Å². The van der Waals surface area contributed by atoms with Gasteiger partial charge in [-0.25, -0.2) is 4.39 Å². The molecule has 2 rings (SSSR count). The molecule has 4 heteroatoms. The van der Waals surface area contributed by atoms with E-state index < -0.39 is 0 Å². The van der Waals surface area contributed by atoms with E-state index in [0.717, 1.165) is 5.56 Å². The Kier molecular flexibility index (Phi) is 2.33. The number of methoxy groups -OCH3 is 1. The molecule has 0 radical (unpaired) electrons. The highest BCUT2D eigenvalue weighted by atomic mass is 35.5. The molecule has 0 fully saturated rings. The molecule has 14 heavy (non-hydrogen) atoms. The van der Waals surface area contributed by atoms with Gasteiger partial charge in [0.25, 0.3) is 0 Å². The molecule has 0 bridgehead atoms. The van der Waals surface area contributed by atoms with Crippen molar-refractivity contribution in [3.05, 3.63) is 29.7 Å². The first-order chi connectivity index (χ1) is 6.77. The topological polar surface area (TPSA) is 25.0 Å². The Balaban J connectivity index is 2.80. The summed E-state index contributed by atoms with van der Waals surface area (Å²) in [5.74, 6) is 0.625. The molecule has 1 heterocycles. The van der Waals surface area contributed by atoms with E-state index in [1.165, 1.54) is 6.07 Å². The molecule has 2 aromatic rings. The number of fused-ring (bicyclic) bond motifs is 1. The van der Waals surface area contributed by atoms with Crippen LogP contribution in [0, 0.1) is 5.82 Å². The Morgan fingerprint density at radius 1 is 1.50 bits per heavy atom. The van der Waals surface area contributed by atoms with Crippen LogP contribution in [-0.4, -0.2) is 12.1 Å². The predicted octanol–water partition coefficient (Wildman–Crippen LogP) is 3.05. The Labute approximate surface area is 85.6 Å². The van der Waals surface area contributed by atoms with Crippen molar-refractivity contribution in [3.8, 4) is 5.75 Å².